The van der Waals surface area contributed by atoms with Crippen LogP contribution >= 0.6 is 0 Å². The van der Waals surface area contributed by atoms with E-state index < -0.39 is 0 Å². The minimum Gasteiger partial charge on any atom is -0.490 e. The molecule has 2 atom stereocenters. The number of nitrogens with two attached hydrogens (primary N) is 1. The molecule has 0 bridgehead atoms. The van der Waals surface area contributed by atoms with Gasteiger partial charge in [-0.2, -0.15) is 0 Å². The maximum absolute atomic E-state index is 5.99. The Morgan fingerprint density at radius 2 is 2.32 bits per heavy atom. The number of nitrogens with zero attached hydrogens (tertiary/aromatic N) is 1. The number of hydrogen-bond acceptors (Lipinski definition) is 4. The monoisotopic (exact) mass is 264 g/mol. The summed E-state index contributed by atoms with van der Waals surface area (Å²) in [4.78, 5) is 2.26. The Kier molecular flexibility index (Phi) is 4.80. The molecule has 1 aromatic carbocycles. The van der Waals surface area contributed by atoms with Gasteiger partial charge in [0, 0.05) is 24.7 Å². The van der Waals surface area contributed by atoms with E-state index in [0.29, 0.717) is 6.61 Å². The van der Waals surface area contributed by atoms with Gasteiger partial charge < -0.3 is 20.1 Å². The Balaban J connectivity index is 1.99. The maximum atomic E-state index is 5.99. The molecule has 0 amide bonds. The van der Waals surface area contributed by atoms with E-state index in [1.807, 2.05) is 13.0 Å². The first-order valence-corrected chi connectivity index (χ1v) is 6.85. The molecule has 0 aromatic heterocycles. The number of rotatable bonds is 4. The summed E-state index contributed by atoms with van der Waals surface area (Å²) in [6, 6.07) is 6.12. The third-order valence-electron chi connectivity index (χ3n) is 3.42. The molecule has 0 saturated carbocycles. The number of morpholine rings is 1. The van der Waals surface area contributed by atoms with Crippen molar-refractivity contribution in [1.82, 2.24) is 4.90 Å². The molecule has 1 aromatic rings. The second-order valence-corrected chi connectivity index (χ2v) is 5.40. The zero-order chi connectivity index (χ0) is 13.8. The van der Waals surface area contributed by atoms with Crippen LogP contribution < -0.4 is 10.5 Å². The van der Waals surface area contributed by atoms with E-state index >= 15 is 0 Å². The van der Waals surface area contributed by atoms with E-state index in [-0.39, 0.29) is 12.1 Å². The van der Waals surface area contributed by atoms with Crippen LogP contribution in [0.1, 0.15) is 24.1 Å². The molecule has 1 aliphatic heterocycles. The Morgan fingerprint density at radius 1 is 1.53 bits per heavy atom. The predicted octanol–water partition coefficient (Wildman–Crippen LogP) is 1.72. The molecule has 4 heteroatoms. The minimum absolute atomic E-state index is 0.0233. The smallest absolute Gasteiger partial charge is 0.124 e. The molecular weight excluding hydrogens is 240 g/mol. The molecule has 1 unspecified atom stereocenters. The topological polar surface area (TPSA) is 47.7 Å². The highest BCUT2D eigenvalue weighted by atomic mass is 16.5. The second-order valence-electron chi connectivity index (χ2n) is 5.40. The molecule has 1 aliphatic rings. The third-order valence-corrected chi connectivity index (χ3v) is 3.42. The second kappa shape index (κ2) is 6.37. The quantitative estimate of drug-likeness (QED) is 0.899. The maximum Gasteiger partial charge on any atom is 0.124 e. The van der Waals surface area contributed by atoms with Crippen molar-refractivity contribution in [1.29, 1.82) is 0 Å². The molecule has 19 heavy (non-hydrogen) atoms. The summed E-state index contributed by atoms with van der Waals surface area (Å²) in [5.41, 5.74) is 8.26. The summed E-state index contributed by atoms with van der Waals surface area (Å²) in [6.07, 6.45) is 0.140. The average molecular weight is 264 g/mol. The van der Waals surface area contributed by atoms with Gasteiger partial charge in [-0.25, -0.2) is 0 Å². The highest BCUT2D eigenvalue weighted by Gasteiger charge is 2.19. The average Bonchev–Trinajstić information content (AvgIpc) is 2.37. The zero-order valence-electron chi connectivity index (χ0n) is 12.1. The molecule has 1 saturated heterocycles. The van der Waals surface area contributed by atoms with Crippen LogP contribution in [0, 0.1) is 6.92 Å². The van der Waals surface area contributed by atoms with Crippen LogP contribution in [0.4, 0.5) is 0 Å². The van der Waals surface area contributed by atoms with Gasteiger partial charge in [-0.05, 0) is 27.0 Å². The van der Waals surface area contributed by atoms with Crippen LogP contribution in [-0.4, -0.2) is 44.4 Å². The summed E-state index contributed by atoms with van der Waals surface area (Å²) < 4.78 is 11.6. The number of aryl methyl sites for hydroxylation is 1. The summed E-state index contributed by atoms with van der Waals surface area (Å²) in [6.45, 7) is 7.30. The van der Waals surface area contributed by atoms with Crippen LogP contribution in [0.5, 0.6) is 5.75 Å². The highest BCUT2D eigenvalue weighted by molar-refractivity contribution is 5.38. The Hall–Kier alpha value is -1.10. The third kappa shape index (κ3) is 3.93. The number of benzene rings is 1. The van der Waals surface area contributed by atoms with Crippen molar-refractivity contribution in [2.75, 3.05) is 33.4 Å². The predicted molar refractivity (Wildman–Crippen MR) is 76.5 cm³/mol. The van der Waals surface area contributed by atoms with Crippen LogP contribution in [0.3, 0.4) is 0 Å². The highest BCUT2D eigenvalue weighted by Crippen LogP contribution is 2.25. The first kappa shape index (κ1) is 14.3. The van der Waals surface area contributed by atoms with E-state index in [2.05, 4.69) is 31.0 Å². The molecule has 0 radical (unpaired) electrons. The van der Waals surface area contributed by atoms with Gasteiger partial charge in [0.25, 0.3) is 0 Å². The summed E-state index contributed by atoms with van der Waals surface area (Å²) in [5, 5.41) is 0. The van der Waals surface area contributed by atoms with Crippen LogP contribution in [0.15, 0.2) is 18.2 Å². The molecule has 2 rings (SSSR count). The summed E-state index contributed by atoms with van der Waals surface area (Å²) in [5.74, 6) is 0.873. The van der Waals surface area contributed by atoms with E-state index in [0.717, 1.165) is 31.0 Å². The zero-order valence-corrected chi connectivity index (χ0v) is 12.1. The molecule has 0 spiro atoms. The lowest BCUT2D eigenvalue weighted by atomic mass is 10.1. The Labute approximate surface area is 115 Å². The molecule has 1 heterocycles. The molecule has 2 N–H and O–H groups in total. The van der Waals surface area contributed by atoms with E-state index in [1.165, 1.54) is 5.56 Å². The fourth-order valence-corrected chi connectivity index (χ4v) is 2.31. The van der Waals surface area contributed by atoms with Crippen molar-refractivity contribution in [2.45, 2.75) is 26.0 Å². The van der Waals surface area contributed by atoms with E-state index in [1.54, 1.807) is 0 Å². The lowest BCUT2D eigenvalue weighted by Gasteiger charge is -2.30. The summed E-state index contributed by atoms with van der Waals surface area (Å²) >= 11 is 0. The first-order valence-electron chi connectivity index (χ1n) is 6.85. The number of likely N-dealkylation sites (N-methyl/N-ethyl adjacent to an activating group) is 1. The summed E-state index contributed by atoms with van der Waals surface area (Å²) in [7, 11) is 2.11. The lowest BCUT2D eigenvalue weighted by molar-refractivity contribution is -0.0405. The van der Waals surface area contributed by atoms with E-state index in [9.17, 15) is 0 Å². The lowest BCUT2D eigenvalue weighted by Crippen LogP contribution is -2.42. The molecule has 106 valence electrons. The van der Waals surface area contributed by atoms with Crippen molar-refractivity contribution in [3.8, 4) is 5.75 Å². The van der Waals surface area contributed by atoms with Crippen molar-refractivity contribution in [3.63, 3.8) is 0 Å². The van der Waals surface area contributed by atoms with Gasteiger partial charge in [-0.1, -0.05) is 17.7 Å². The first-order chi connectivity index (χ1) is 9.06. The normalized spacial score (nSPS) is 22.2. The van der Waals surface area contributed by atoms with Crippen LogP contribution in [-0.2, 0) is 4.74 Å². The molecule has 4 nitrogen and oxygen atoms in total. The minimum atomic E-state index is -0.0233. The van der Waals surface area contributed by atoms with Crippen LogP contribution in [0.2, 0.25) is 0 Å². The van der Waals surface area contributed by atoms with Crippen molar-refractivity contribution < 1.29 is 9.47 Å². The van der Waals surface area contributed by atoms with Gasteiger partial charge in [0.2, 0.25) is 0 Å². The standard InChI is InChI=1S/C15H24N2O2/c1-11-4-5-15(14(8-11)12(2)16)19-10-13-9-17(3)6-7-18-13/h4-5,8,12-13H,6-7,9-10,16H2,1-3H3/t12-,13?/m1/s1. The van der Waals surface area contributed by atoms with Crippen molar-refractivity contribution >= 4 is 0 Å². The fourth-order valence-electron chi connectivity index (χ4n) is 2.31. The van der Waals surface area contributed by atoms with Crippen molar-refractivity contribution in [3.05, 3.63) is 29.3 Å². The van der Waals surface area contributed by atoms with Gasteiger partial charge in [-0.15, -0.1) is 0 Å². The Bertz CT molecular complexity index is 421. The molecule has 0 aliphatic carbocycles. The van der Waals surface area contributed by atoms with Crippen LogP contribution in [0.25, 0.3) is 0 Å². The largest absolute Gasteiger partial charge is 0.490 e. The van der Waals surface area contributed by atoms with Crippen molar-refractivity contribution in [2.24, 2.45) is 5.73 Å². The van der Waals surface area contributed by atoms with Gasteiger partial charge in [-0.3, -0.25) is 0 Å². The van der Waals surface area contributed by atoms with Gasteiger partial charge in [0.15, 0.2) is 0 Å². The Morgan fingerprint density at radius 3 is 3.00 bits per heavy atom. The van der Waals surface area contributed by atoms with Gasteiger partial charge >= 0.3 is 0 Å². The number of ether oxygens (including phenoxy) is 2. The van der Waals surface area contributed by atoms with Gasteiger partial charge in [0.1, 0.15) is 18.5 Å². The number of hydrogen-bond donors (Lipinski definition) is 1. The molecular formula is C15H24N2O2. The SMILES string of the molecule is Cc1ccc(OCC2CN(C)CCO2)c([C@@H](C)N)c1. The van der Waals surface area contributed by atoms with E-state index in [4.69, 9.17) is 15.2 Å². The molecule has 1 fully saturated rings. The fraction of sp³-hybridized carbons (Fsp3) is 0.600. The van der Waals surface area contributed by atoms with Gasteiger partial charge in [0.05, 0.1) is 6.61 Å².